The minimum absolute atomic E-state index is 0.147. The number of aromatic nitrogens is 2. The van der Waals surface area contributed by atoms with Crippen LogP contribution in [0.15, 0.2) is 36.7 Å². The standard InChI is InChI=1S/C16H19BN2O4/c1-15(2)16(3,4)23-17(22-15)11-7-5-6-8-12(11)21-14(20)13-18-9-10-19-13/h5-10H,1-4H3,(H,18,19). The smallest absolute Gasteiger partial charge is 0.421 e. The van der Waals surface area contributed by atoms with E-state index in [-0.39, 0.29) is 5.82 Å². The zero-order valence-electron chi connectivity index (χ0n) is 13.6. The maximum atomic E-state index is 12.1. The number of para-hydroxylation sites is 1. The van der Waals surface area contributed by atoms with Crippen LogP contribution in [0.3, 0.4) is 0 Å². The van der Waals surface area contributed by atoms with Crippen LogP contribution in [0.25, 0.3) is 0 Å². The van der Waals surface area contributed by atoms with E-state index in [1.54, 1.807) is 18.3 Å². The second kappa shape index (κ2) is 5.51. The molecule has 1 aliphatic heterocycles. The van der Waals surface area contributed by atoms with Gasteiger partial charge in [-0.05, 0) is 33.8 Å². The van der Waals surface area contributed by atoms with Gasteiger partial charge < -0.3 is 19.0 Å². The lowest BCUT2D eigenvalue weighted by Gasteiger charge is -2.32. The van der Waals surface area contributed by atoms with E-state index in [1.165, 1.54) is 6.20 Å². The van der Waals surface area contributed by atoms with Crippen molar-refractivity contribution in [1.82, 2.24) is 9.97 Å². The molecule has 0 spiro atoms. The Bertz CT molecular complexity index is 697. The van der Waals surface area contributed by atoms with Crippen LogP contribution < -0.4 is 10.2 Å². The molecule has 0 unspecified atom stereocenters. The summed E-state index contributed by atoms with van der Waals surface area (Å²) in [5, 5.41) is 0. The molecule has 1 aliphatic rings. The number of H-pyrrole nitrogens is 1. The summed E-state index contributed by atoms with van der Waals surface area (Å²) in [6.45, 7) is 7.91. The number of hydrogen-bond donors (Lipinski definition) is 1. The van der Waals surface area contributed by atoms with Crippen molar-refractivity contribution in [2.24, 2.45) is 0 Å². The molecule has 0 saturated carbocycles. The Morgan fingerprint density at radius 3 is 2.43 bits per heavy atom. The van der Waals surface area contributed by atoms with Gasteiger partial charge in [0.15, 0.2) is 0 Å². The summed E-state index contributed by atoms with van der Waals surface area (Å²) in [7, 11) is -0.597. The van der Waals surface area contributed by atoms with Crippen molar-refractivity contribution in [2.75, 3.05) is 0 Å². The van der Waals surface area contributed by atoms with E-state index < -0.39 is 24.3 Å². The van der Waals surface area contributed by atoms with E-state index in [2.05, 4.69) is 9.97 Å². The predicted molar refractivity (Wildman–Crippen MR) is 85.7 cm³/mol. The molecular weight excluding hydrogens is 295 g/mol. The van der Waals surface area contributed by atoms with Crippen molar-refractivity contribution in [2.45, 2.75) is 38.9 Å². The summed E-state index contributed by atoms with van der Waals surface area (Å²) < 4.78 is 17.5. The number of nitrogens with one attached hydrogen (secondary N) is 1. The third kappa shape index (κ3) is 2.89. The molecule has 1 saturated heterocycles. The van der Waals surface area contributed by atoms with Crippen LogP contribution >= 0.6 is 0 Å². The summed E-state index contributed by atoms with van der Waals surface area (Å²) in [6.07, 6.45) is 3.06. The molecule has 1 aromatic heterocycles. The molecule has 0 amide bonds. The van der Waals surface area contributed by atoms with Crippen molar-refractivity contribution in [3.63, 3.8) is 0 Å². The molecule has 2 heterocycles. The third-order valence-corrected chi connectivity index (χ3v) is 4.32. The van der Waals surface area contributed by atoms with Gasteiger partial charge in [-0.1, -0.05) is 18.2 Å². The van der Waals surface area contributed by atoms with Gasteiger partial charge in [0, 0.05) is 17.9 Å². The Balaban J connectivity index is 1.86. The normalized spacial score (nSPS) is 18.9. The highest BCUT2D eigenvalue weighted by atomic mass is 16.7. The third-order valence-electron chi connectivity index (χ3n) is 4.32. The largest absolute Gasteiger partial charge is 0.498 e. The lowest BCUT2D eigenvalue weighted by Crippen LogP contribution is -2.41. The van der Waals surface area contributed by atoms with E-state index in [4.69, 9.17) is 14.0 Å². The molecule has 0 atom stereocenters. The molecule has 3 rings (SSSR count). The first-order valence-electron chi connectivity index (χ1n) is 7.46. The number of imidazole rings is 1. The highest BCUT2D eigenvalue weighted by molar-refractivity contribution is 6.63. The average molecular weight is 314 g/mol. The Labute approximate surface area is 135 Å². The van der Waals surface area contributed by atoms with E-state index in [0.29, 0.717) is 11.2 Å². The molecule has 0 aliphatic carbocycles. The molecule has 120 valence electrons. The van der Waals surface area contributed by atoms with Crippen molar-refractivity contribution >= 4 is 18.6 Å². The van der Waals surface area contributed by atoms with Crippen LogP contribution in [0.1, 0.15) is 38.3 Å². The Morgan fingerprint density at radius 1 is 1.17 bits per heavy atom. The first-order chi connectivity index (χ1) is 10.8. The number of rotatable bonds is 3. The van der Waals surface area contributed by atoms with Crippen molar-refractivity contribution in [3.05, 3.63) is 42.5 Å². The molecular formula is C16H19BN2O4. The van der Waals surface area contributed by atoms with Gasteiger partial charge in [-0.25, -0.2) is 9.78 Å². The number of ether oxygens (including phenoxy) is 1. The highest BCUT2D eigenvalue weighted by Crippen LogP contribution is 2.37. The maximum absolute atomic E-state index is 12.1. The lowest BCUT2D eigenvalue weighted by molar-refractivity contribution is 0.00578. The molecule has 6 nitrogen and oxygen atoms in total. The molecule has 0 bridgehead atoms. The van der Waals surface area contributed by atoms with Gasteiger partial charge >= 0.3 is 13.1 Å². The molecule has 1 aromatic carbocycles. The minimum atomic E-state index is -0.597. The first kappa shape index (κ1) is 15.8. The number of benzene rings is 1. The fourth-order valence-electron chi connectivity index (χ4n) is 2.26. The lowest BCUT2D eigenvalue weighted by atomic mass is 9.78. The number of nitrogens with zero attached hydrogens (tertiary/aromatic N) is 1. The molecule has 1 N–H and O–H groups in total. The summed E-state index contributed by atoms with van der Waals surface area (Å²) in [6, 6.07) is 7.18. The molecule has 0 radical (unpaired) electrons. The van der Waals surface area contributed by atoms with Crippen molar-refractivity contribution in [3.8, 4) is 5.75 Å². The Morgan fingerprint density at radius 2 is 1.83 bits per heavy atom. The maximum Gasteiger partial charge on any atom is 0.498 e. The second-order valence-corrected chi connectivity index (χ2v) is 6.45. The number of hydrogen-bond acceptors (Lipinski definition) is 5. The van der Waals surface area contributed by atoms with E-state index in [9.17, 15) is 4.79 Å². The first-order valence-corrected chi connectivity index (χ1v) is 7.46. The predicted octanol–water partition coefficient (Wildman–Crippen LogP) is 1.93. The summed E-state index contributed by atoms with van der Waals surface area (Å²) in [5.74, 6) is -0.0138. The van der Waals surface area contributed by atoms with Crippen molar-refractivity contribution < 1.29 is 18.8 Å². The number of carbonyl (C=O) groups is 1. The Hall–Kier alpha value is -2.12. The summed E-state index contributed by atoms with van der Waals surface area (Å²) >= 11 is 0. The van der Waals surface area contributed by atoms with Crippen LogP contribution in [0.5, 0.6) is 5.75 Å². The van der Waals surface area contributed by atoms with Crippen LogP contribution in [0.2, 0.25) is 0 Å². The van der Waals surface area contributed by atoms with Gasteiger partial charge in [0.1, 0.15) is 5.75 Å². The fraction of sp³-hybridized carbons (Fsp3) is 0.375. The van der Waals surface area contributed by atoms with Gasteiger partial charge in [-0.15, -0.1) is 0 Å². The summed E-state index contributed by atoms with van der Waals surface area (Å²) in [4.78, 5) is 18.7. The van der Waals surface area contributed by atoms with E-state index in [0.717, 1.165) is 0 Å². The van der Waals surface area contributed by atoms with Gasteiger partial charge in [0.2, 0.25) is 5.82 Å². The monoisotopic (exact) mass is 314 g/mol. The van der Waals surface area contributed by atoms with Crippen LogP contribution in [-0.4, -0.2) is 34.3 Å². The van der Waals surface area contributed by atoms with Gasteiger partial charge in [0.05, 0.1) is 11.2 Å². The number of aromatic amines is 1. The minimum Gasteiger partial charge on any atom is -0.421 e. The zero-order valence-corrected chi connectivity index (χ0v) is 13.6. The van der Waals surface area contributed by atoms with Crippen LogP contribution in [0, 0.1) is 0 Å². The Kier molecular flexibility index (Phi) is 3.78. The number of esters is 1. The van der Waals surface area contributed by atoms with Gasteiger partial charge in [0.25, 0.3) is 0 Å². The molecule has 2 aromatic rings. The van der Waals surface area contributed by atoms with Gasteiger partial charge in [-0.2, -0.15) is 0 Å². The van der Waals surface area contributed by atoms with E-state index in [1.807, 2.05) is 39.8 Å². The van der Waals surface area contributed by atoms with Gasteiger partial charge in [-0.3, -0.25) is 0 Å². The van der Waals surface area contributed by atoms with Crippen LogP contribution in [-0.2, 0) is 9.31 Å². The second-order valence-electron chi connectivity index (χ2n) is 6.45. The average Bonchev–Trinajstić information content (AvgIpc) is 3.06. The van der Waals surface area contributed by atoms with Crippen LogP contribution in [0.4, 0.5) is 0 Å². The molecule has 23 heavy (non-hydrogen) atoms. The highest BCUT2D eigenvalue weighted by Gasteiger charge is 2.52. The fourth-order valence-corrected chi connectivity index (χ4v) is 2.26. The quantitative estimate of drug-likeness (QED) is 0.532. The van der Waals surface area contributed by atoms with Crippen molar-refractivity contribution in [1.29, 1.82) is 0 Å². The molecule has 7 heteroatoms. The SMILES string of the molecule is CC1(C)OB(c2ccccc2OC(=O)c2ncc[nH]2)OC1(C)C. The van der Waals surface area contributed by atoms with E-state index >= 15 is 0 Å². The zero-order chi connectivity index (χ0) is 16.7. The number of carbonyl (C=O) groups excluding carboxylic acids is 1. The molecule has 1 fully saturated rings. The topological polar surface area (TPSA) is 73.4 Å². The summed E-state index contributed by atoms with van der Waals surface area (Å²) in [5.41, 5.74) is -0.253.